The minimum absolute atomic E-state index is 0.397. The second kappa shape index (κ2) is 4.68. The van der Waals surface area contributed by atoms with Crippen LogP contribution >= 0.6 is 11.3 Å². The molecule has 0 aliphatic heterocycles. The highest BCUT2D eigenvalue weighted by Crippen LogP contribution is 2.27. The molecule has 17 heavy (non-hydrogen) atoms. The first kappa shape index (κ1) is 11.8. The van der Waals surface area contributed by atoms with E-state index in [0.717, 1.165) is 10.7 Å². The fraction of sp³-hybridized carbons (Fsp3) is 0.286. The van der Waals surface area contributed by atoms with Gasteiger partial charge in [0.1, 0.15) is 5.01 Å². The number of nitriles is 1. The molecule has 1 aromatic carbocycles. The molecule has 0 saturated heterocycles. The highest BCUT2D eigenvalue weighted by molar-refractivity contribution is 7.10. The van der Waals surface area contributed by atoms with Crippen molar-refractivity contribution in [3.63, 3.8) is 0 Å². The van der Waals surface area contributed by atoms with Gasteiger partial charge in [-0.3, -0.25) is 0 Å². The largest absolute Gasteiger partial charge is 0.240 e. The Labute approximate surface area is 106 Å². The van der Waals surface area contributed by atoms with Gasteiger partial charge in [0.25, 0.3) is 0 Å². The Kier molecular flexibility index (Phi) is 3.26. The summed E-state index contributed by atoms with van der Waals surface area (Å²) >= 11 is 1.55. The average molecular weight is 242 g/mol. The molecule has 1 heterocycles. The van der Waals surface area contributed by atoms with Gasteiger partial charge in [-0.1, -0.05) is 6.07 Å². The summed E-state index contributed by atoms with van der Waals surface area (Å²) in [5.41, 5.74) is 5.98. The zero-order chi connectivity index (χ0) is 12.4. The molecule has 0 radical (unpaired) electrons. The third-order valence-electron chi connectivity index (χ3n) is 2.90. The van der Waals surface area contributed by atoms with Crippen LogP contribution < -0.4 is 0 Å². The van der Waals surface area contributed by atoms with Crippen molar-refractivity contribution in [2.45, 2.75) is 27.2 Å². The lowest BCUT2D eigenvalue weighted by atomic mass is 9.99. The number of hydrogen-bond donors (Lipinski definition) is 0. The van der Waals surface area contributed by atoms with Gasteiger partial charge in [0, 0.05) is 10.9 Å². The van der Waals surface area contributed by atoms with Gasteiger partial charge in [-0.25, -0.2) is 4.98 Å². The van der Waals surface area contributed by atoms with Crippen LogP contribution in [0.4, 0.5) is 0 Å². The third kappa shape index (κ3) is 2.37. The predicted octanol–water partition coefficient (Wildman–Crippen LogP) is 3.80. The summed E-state index contributed by atoms with van der Waals surface area (Å²) in [5, 5.41) is 11.6. The van der Waals surface area contributed by atoms with Crippen LogP contribution in [-0.2, 0) is 6.42 Å². The number of hydrogen-bond acceptors (Lipinski definition) is 3. The maximum Gasteiger partial charge on any atom is 0.107 e. The molecule has 0 amide bonds. The number of aromatic nitrogens is 1. The molecule has 0 saturated carbocycles. The van der Waals surface area contributed by atoms with Gasteiger partial charge < -0.3 is 0 Å². The Morgan fingerprint density at radius 2 is 1.88 bits per heavy atom. The van der Waals surface area contributed by atoms with Gasteiger partial charge >= 0.3 is 0 Å². The maximum atomic E-state index is 8.65. The van der Waals surface area contributed by atoms with Gasteiger partial charge in [0.05, 0.1) is 18.2 Å². The number of rotatable bonds is 2. The zero-order valence-electron chi connectivity index (χ0n) is 10.2. The summed E-state index contributed by atoms with van der Waals surface area (Å²) in [6, 6.07) is 6.50. The average Bonchev–Trinajstić information content (AvgIpc) is 2.72. The van der Waals surface area contributed by atoms with E-state index < -0.39 is 0 Å². The smallest absolute Gasteiger partial charge is 0.107 e. The van der Waals surface area contributed by atoms with E-state index in [2.05, 4.69) is 44.0 Å². The Morgan fingerprint density at radius 3 is 2.59 bits per heavy atom. The van der Waals surface area contributed by atoms with Crippen molar-refractivity contribution in [3.8, 4) is 17.3 Å². The van der Waals surface area contributed by atoms with Crippen molar-refractivity contribution in [2.75, 3.05) is 0 Å². The second-order valence-electron chi connectivity index (χ2n) is 4.21. The SMILES string of the molecule is Cc1cc(C)c(-c2csc(CC#N)n2)cc1C. The van der Waals surface area contributed by atoms with Gasteiger partial charge in [-0.2, -0.15) is 5.26 Å². The summed E-state index contributed by atoms with van der Waals surface area (Å²) in [5.74, 6) is 0. The summed E-state index contributed by atoms with van der Waals surface area (Å²) in [6.07, 6.45) is 0.397. The summed E-state index contributed by atoms with van der Waals surface area (Å²) in [6.45, 7) is 6.33. The summed E-state index contributed by atoms with van der Waals surface area (Å²) in [7, 11) is 0. The second-order valence-corrected chi connectivity index (χ2v) is 5.16. The minimum Gasteiger partial charge on any atom is -0.240 e. The molecule has 0 aliphatic carbocycles. The van der Waals surface area contributed by atoms with Gasteiger partial charge in [-0.05, 0) is 43.5 Å². The van der Waals surface area contributed by atoms with E-state index in [1.807, 2.05) is 5.38 Å². The van der Waals surface area contributed by atoms with Crippen molar-refractivity contribution in [2.24, 2.45) is 0 Å². The lowest BCUT2D eigenvalue weighted by Gasteiger charge is -2.07. The molecule has 0 fully saturated rings. The van der Waals surface area contributed by atoms with Crippen LogP contribution in [-0.4, -0.2) is 4.98 Å². The Bertz CT molecular complexity index is 591. The number of thiazole rings is 1. The van der Waals surface area contributed by atoms with E-state index in [0.29, 0.717) is 6.42 Å². The van der Waals surface area contributed by atoms with E-state index in [-0.39, 0.29) is 0 Å². The van der Waals surface area contributed by atoms with Crippen LogP contribution in [0.15, 0.2) is 17.5 Å². The number of nitrogens with zero attached hydrogens (tertiary/aromatic N) is 2. The standard InChI is InChI=1S/C14H14N2S/c1-9-6-11(3)12(7-10(9)2)13-8-17-14(16-13)4-5-15/h6-8H,4H2,1-3H3. The fourth-order valence-electron chi connectivity index (χ4n) is 1.82. The van der Waals surface area contributed by atoms with Crippen molar-refractivity contribution in [1.82, 2.24) is 4.98 Å². The molecular formula is C14H14N2S. The highest BCUT2D eigenvalue weighted by atomic mass is 32.1. The van der Waals surface area contributed by atoms with Crippen LogP contribution in [0, 0.1) is 32.1 Å². The van der Waals surface area contributed by atoms with Gasteiger partial charge in [-0.15, -0.1) is 11.3 Å². The van der Waals surface area contributed by atoms with Crippen LogP contribution in [0.5, 0.6) is 0 Å². The fourth-order valence-corrected chi connectivity index (χ4v) is 2.55. The van der Waals surface area contributed by atoms with E-state index >= 15 is 0 Å². The molecule has 3 heteroatoms. The Morgan fingerprint density at radius 1 is 1.18 bits per heavy atom. The molecule has 86 valence electrons. The predicted molar refractivity (Wildman–Crippen MR) is 71.1 cm³/mol. The Balaban J connectivity index is 2.46. The molecule has 0 unspecified atom stereocenters. The van der Waals surface area contributed by atoms with E-state index in [1.54, 1.807) is 11.3 Å². The molecule has 0 spiro atoms. The van der Waals surface area contributed by atoms with Crippen LogP contribution in [0.25, 0.3) is 11.3 Å². The van der Waals surface area contributed by atoms with Gasteiger partial charge in [0.2, 0.25) is 0 Å². The number of aryl methyl sites for hydroxylation is 3. The normalized spacial score (nSPS) is 10.2. The lowest BCUT2D eigenvalue weighted by Crippen LogP contribution is -1.89. The van der Waals surface area contributed by atoms with E-state index in [9.17, 15) is 0 Å². The van der Waals surface area contributed by atoms with Crippen LogP contribution in [0.1, 0.15) is 21.7 Å². The van der Waals surface area contributed by atoms with Crippen molar-refractivity contribution in [3.05, 3.63) is 39.2 Å². The Hall–Kier alpha value is -1.66. The minimum atomic E-state index is 0.397. The molecule has 2 nitrogen and oxygen atoms in total. The van der Waals surface area contributed by atoms with Gasteiger partial charge in [0.15, 0.2) is 0 Å². The lowest BCUT2D eigenvalue weighted by molar-refractivity contribution is 1.18. The summed E-state index contributed by atoms with van der Waals surface area (Å²) in [4.78, 5) is 4.50. The zero-order valence-corrected chi connectivity index (χ0v) is 11.1. The molecule has 0 atom stereocenters. The quantitative estimate of drug-likeness (QED) is 0.803. The summed E-state index contributed by atoms with van der Waals surface area (Å²) < 4.78 is 0. The highest BCUT2D eigenvalue weighted by Gasteiger charge is 2.08. The van der Waals surface area contributed by atoms with Crippen molar-refractivity contribution < 1.29 is 0 Å². The third-order valence-corrected chi connectivity index (χ3v) is 3.75. The molecule has 2 rings (SSSR count). The van der Waals surface area contributed by atoms with Crippen LogP contribution in [0.3, 0.4) is 0 Å². The number of benzene rings is 1. The van der Waals surface area contributed by atoms with E-state index in [4.69, 9.17) is 5.26 Å². The maximum absolute atomic E-state index is 8.65. The van der Waals surface area contributed by atoms with E-state index in [1.165, 1.54) is 22.3 Å². The topological polar surface area (TPSA) is 36.7 Å². The molecule has 0 aliphatic rings. The molecular weight excluding hydrogens is 228 g/mol. The molecule has 0 bridgehead atoms. The molecule has 1 aromatic heterocycles. The first-order valence-corrected chi connectivity index (χ1v) is 6.39. The monoisotopic (exact) mass is 242 g/mol. The first-order chi connectivity index (χ1) is 8.11. The van der Waals surface area contributed by atoms with Crippen LogP contribution in [0.2, 0.25) is 0 Å². The van der Waals surface area contributed by atoms with Crippen molar-refractivity contribution in [1.29, 1.82) is 5.26 Å². The molecule has 0 N–H and O–H groups in total. The molecule has 2 aromatic rings. The van der Waals surface area contributed by atoms with Crippen molar-refractivity contribution >= 4 is 11.3 Å². The first-order valence-electron chi connectivity index (χ1n) is 5.51.